The maximum absolute atomic E-state index is 12.3. The van der Waals surface area contributed by atoms with Crippen molar-refractivity contribution in [2.75, 3.05) is 41.1 Å². The average molecular weight is 455 g/mol. The van der Waals surface area contributed by atoms with Gasteiger partial charge in [-0.15, -0.1) is 0 Å². The Morgan fingerprint density at radius 3 is 2.48 bits per heavy atom. The number of benzene rings is 2. The molecule has 1 amide bonds. The molecule has 8 heteroatoms. The van der Waals surface area contributed by atoms with Crippen molar-refractivity contribution in [1.29, 1.82) is 5.26 Å². The average Bonchev–Trinajstić information content (AvgIpc) is 2.84. The SMILES string of the molecule is CCOc1cc(/C=C(\C#N)C(=O)NCCCOC)ccc1OCc1cc(OC)ccc1OC. The highest BCUT2D eigenvalue weighted by molar-refractivity contribution is 6.01. The highest BCUT2D eigenvalue weighted by Gasteiger charge is 2.12. The van der Waals surface area contributed by atoms with Crippen LogP contribution in [-0.4, -0.2) is 47.0 Å². The molecular formula is C25H30N2O6. The third-order valence-corrected chi connectivity index (χ3v) is 4.63. The Labute approximate surface area is 194 Å². The van der Waals surface area contributed by atoms with Crippen LogP contribution in [0.25, 0.3) is 6.08 Å². The van der Waals surface area contributed by atoms with E-state index in [4.69, 9.17) is 23.7 Å². The van der Waals surface area contributed by atoms with E-state index in [1.165, 1.54) is 6.08 Å². The minimum Gasteiger partial charge on any atom is -0.497 e. The fraction of sp³-hybridized carbons (Fsp3) is 0.360. The first-order valence-corrected chi connectivity index (χ1v) is 10.6. The smallest absolute Gasteiger partial charge is 0.261 e. The fourth-order valence-corrected chi connectivity index (χ4v) is 2.98. The highest BCUT2D eigenvalue weighted by Crippen LogP contribution is 2.32. The van der Waals surface area contributed by atoms with E-state index in [0.29, 0.717) is 54.7 Å². The normalized spacial score (nSPS) is 10.8. The molecule has 0 spiro atoms. The first kappa shape index (κ1) is 25.6. The van der Waals surface area contributed by atoms with Crippen molar-refractivity contribution in [2.45, 2.75) is 20.0 Å². The van der Waals surface area contributed by atoms with Crippen molar-refractivity contribution in [3.05, 3.63) is 53.1 Å². The van der Waals surface area contributed by atoms with E-state index in [9.17, 15) is 10.1 Å². The summed E-state index contributed by atoms with van der Waals surface area (Å²) in [7, 11) is 4.79. The number of hydrogen-bond acceptors (Lipinski definition) is 7. The minimum absolute atomic E-state index is 0.00431. The predicted octanol–water partition coefficient (Wildman–Crippen LogP) is 3.74. The van der Waals surface area contributed by atoms with Crippen LogP contribution in [0.2, 0.25) is 0 Å². The molecule has 0 atom stereocenters. The Bertz CT molecular complexity index is 997. The standard InChI is InChI=1S/C25H30N2O6/c1-5-32-24-14-18(13-19(16-26)25(28)27-11-6-12-29-2)7-9-23(24)33-17-20-15-21(30-3)8-10-22(20)31-4/h7-10,13-15H,5-6,11-12,17H2,1-4H3,(H,27,28)/b19-13+. The molecule has 0 fully saturated rings. The molecule has 0 unspecified atom stereocenters. The van der Waals surface area contributed by atoms with Crippen molar-refractivity contribution in [3.63, 3.8) is 0 Å². The Morgan fingerprint density at radius 2 is 1.82 bits per heavy atom. The van der Waals surface area contributed by atoms with Crippen molar-refractivity contribution < 1.29 is 28.5 Å². The van der Waals surface area contributed by atoms with Gasteiger partial charge in [-0.2, -0.15) is 5.26 Å². The minimum atomic E-state index is -0.433. The predicted molar refractivity (Wildman–Crippen MR) is 125 cm³/mol. The molecule has 0 aromatic heterocycles. The lowest BCUT2D eigenvalue weighted by Gasteiger charge is -2.15. The van der Waals surface area contributed by atoms with Crippen molar-refractivity contribution in [2.24, 2.45) is 0 Å². The summed E-state index contributed by atoms with van der Waals surface area (Å²) in [4.78, 5) is 12.3. The third kappa shape index (κ3) is 7.74. The summed E-state index contributed by atoms with van der Waals surface area (Å²) in [5, 5.41) is 12.1. The number of carbonyl (C=O) groups is 1. The van der Waals surface area contributed by atoms with Gasteiger partial charge in [-0.3, -0.25) is 4.79 Å². The lowest BCUT2D eigenvalue weighted by atomic mass is 10.1. The zero-order valence-electron chi connectivity index (χ0n) is 19.5. The van der Waals surface area contributed by atoms with E-state index in [1.807, 2.05) is 31.2 Å². The van der Waals surface area contributed by atoms with Crippen LogP contribution in [0.4, 0.5) is 0 Å². The van der Waals surface area contributed by atoms with E-state index in [1.54, 1.807) is 39.5 Å². The van der Waals surface area contributed by atoms with Crippen molar-refractivity contribution >= 4 is 12.0 Å². The fourth-order valence-electron chi connectivity index (χ4n) is 2.98. The molecular weight excluding hydrogens is 424 g/mol. The van der Waals surface area contributed by atoms with Crippen LogP contribution in [0.5, 0.6) is 23.0 Å². The zero-order valence-corrected chi connectivity index (χ0v) is 19.5. The molecule has 0 saturated carbocycles. The Kier molecular flexibility index (Phi) is 10.6. The maximum Gasteiger partial charge on any atom is 0.261 e. The van der Waals surface area contributed by atoms with Crippen molar-refractivity contribution in [3.8, 4) is 29.1 Å². The van der Waals surface area contributed by atoms with Gasteiger partial charge in [0.25, 0.3) is 5.91 Å². The molecule has 1 N–H and O–H groups in total. The molecule has 0 bridgehead atoms. The molecule has 0 aliphatic rings. The Hall–Kier alpha value is -3.70. The summed E-state index contributed by atoms with van der Waals surface area (Å²) in [5.74, 6) is 1.98. The molecule has 2 aromatic rings. The van der Waals surface area contributed by atoms with Crippen LogP contribution < -0.4 is 24.3 Å². The lowest BCUT2D eigenvalue weighted by molar-refractivity contribution is -0.117. The second kappa shape index (κ2) is 13.7. The monoisotopic (exact) mass is 454 g/mol. The van der Waals surface area contributed by atoms with Crippen LogP contribution in [0.15, 0.2) is 42.0 Å². The van der Waals surface area contributed by atoms with Gasteiger partial charge in [0.05, 0.1) is 20.8 Å². The van der Waals surface area contributed by atoms with Gasteiger partial charge in [-0.1, -0.05) is 6.07 Å². The van der Waals surface area contributed by atoms with E-state index < -0.39 is 5.91 Å². The van der Waals surface area contributed by atoms with Crippen LogP contribution in [0.1, 0.15) is 24.5 Å². The quantitative estimate of drug-likeness (QED) is 0.280. The summed E-state index contributed by atoms with van der Waals surface area (Å²) in [5.41, 5.74) is 1.47. The number of nitrogens with one attached hydrogen (secondary N) is 1. The second-order valence-electron chi connectivity index (χ2n) is 6.88. The van der Waals surface area contributed by atoms with Gasteiger partial charge in [-0.25, -0.2) is 0 Å². The van der Waals surface area contributed by atoms with Gasteiger partial charge >= 0.3 is 0 Å². The van der Waals surface area contributed by atoms with Crippen molar-refractivity contribution in [1.82, 2.24) is 5.32 Å². The number of amides is 1. The highest BCUT2D eigenvalue weighted by atomic mass is 16.5. The lowest BCUT2D eigenvalue weighted by Crippen LogP contribution is -2.26. The van der Waals surface area contributed by atoms with Crippen LogP contribution >= 0.6 is 0 Å². The van der Waals surface area contributed by atoms with Gasteiger partial charge in [0, 0.05) is 25.8 Å². The van der Waals surface area contributed by atoms with Gasteiger partial charge in [0.2, 0.25) is 0 Å². The molecule has 33 heavy (non-hydrogen) atoms. The number of nitrogens with zero attached hydrogens (tertiary/aromatic N) is 1. The van der Waals surface area contributed by atoms with E-state index in [2.05, 4.69) is 5.32 Å². The van der Waals surface area contributed by atoms with Gasteiger partial charge in [0.15, 0.2) is 11.5 Å². The van der Waals surface area contributed by atoms with E-state index in [-0.39, 0.29) is 12.2 Å². The van der Waals surface area contributed by atoms with Gasteiger partial charge in [-0.05, 0) is 55.3 Å². The maximum atomic E-state index is 12.3. The van der Waals surface area contributed by atoms with Crippen LogP contribution in [-0.2, 0) is 16.1 Å². The first-order chi connectivity index (χ1) is 16.1. The second-order valence-corrected chi connectivity index (χ2v) is 6.88. The largest absolute Gasteiger partial charge is 0.497 e. The molecule has 0 heterocycles. The van der Waals surface area contributed by atoms with Crippen LogP contribution in [0.3, 0.4) is 0 Å². The summed E-state index contributed by atoms with van der Waals surface area (Å²) in [6, 6.07) is 12.7. The summed E-state index contributed by atoms with van der Waals surface area (Å²) in [6.07, 6.45) is 2.18. The third-order valence-electron chi connectivity index (χ3n) is 4.63. The Morgan fingerprint density at radius 1 is 1.03 bits per heavy atom. The number of rotatable bonds is 13. The number of nitriles is 1. The topological polar surface area (TPSA) is 99.0 Å². The van der Waals surface area contributed by atoms with Crippen LogP contribution in [0, 0.1) is 11.3 Å². The summed E-state index contributed by atoms with van der Waals surface area (Å²) < 4.78 is 27.4. The first-order valence-electron chi connectivity index (χ1n) is 10.6. The summed E-state index contributed by atoms with van der Waals surface area (Å²) in [6.45, 7) is 3.49. The molecule has 2 aromatic carbocycles. The number of carbonyl (C=O) groups excluding carboxylic acids is 1. The Balaban J connectivity index is 2.19. The van der Waals surface area contributed by atoms with E-state index in [0.717, 1.165) is 5.56 Å². The molecule has 0 aliphatic carbocycles. The molecule has 0 aliphatic heterocycles. The molecule has 176 valence electrons. The number of hydrogen-bond donors (Lipinski definition) is 1. The van der Waals surface area contributed by atoms with Gasteiger partial charge < -0.3 is 29.0 Å². The van der Waals surface area contributed by atoms with Gasteiger partial charge in [0.1, 0.15) is 29.7 Å². The number of ether oxygens (including phenoxy) is 5. The molecule has 2 rings (SSSR count). The summed E-state index contributed by atoms with van der Waals surface area (Å²) >= 11 is 0. The number of methoxy groups -OCH3 is 3. The molecule has 0 saturated heterocycles. The molecule has 8 nitrogen and oxygen atoms in total. The van der Waals surface area contributed by atoms with E-state index >= 15 is 0 Å². The molecule has 0 radical (unpaired) electrons. The zero-order chi connectivity index (χ0) is 24.1.